The summed E-state index contributed by atoms with van der Waals surface area (Å²) < 4.78 is 1.52. The molecule has 1 heterocycles. The number of nitrogens with zero attached hydrogens (tertiary/aromatic N) is 5. The maximum Gasteiger partial charge on any atom is 0.321 e. The second-order valence-electron chi connectivity index (χ2n) is 4.01. The lowest BCUT2D eigenvalue weighted by Crippen LogP contribution is -2.31. The summed E-state index contributed by atoms with van der Waals surface area (Å²) in [5.41, 5.74) is 0.678. The van der Waals surface area contributed by atoms with E-state index in [1.807, 2.05) is 0 Å². The molecule has 1 aromatic carbocycles. The average molecular weight is 281 g/mol. The Bertz CT molecular complexity index is 567. The van der Waals surface area contributed by atoms with Gasteiger partial charge in [0.2, 0.25) is 0 Å². The number of carbonyl (C=O) groups excluding carboxylic acids is 1. The first-order valence-corrected chi connectivity index (χ1v) is 5.93. The second kappa shape index (κ2) is 5.66. The van der Waals surface area contributed by atoms with Gasteiger partial charge in [0.25, 0.3) is 0 Å². The van der Waals surface area contributed by atoms with E-state index in [4.69, 9.17) is 11.6 Å². The van der Waals surface area contributed by atoms with Crippen LogP contribution >= 0.6 is 11.6 Å². The summed E-state index contributed by atoms with van der Waals surface area (Å²) in [4.78, 5) is 13.4. The fraction of sp³-hybridized carbons (Fsp3) is 0.273. The number of benzene rings is 1. The molecule has 1 aromatic heterocycles. The van der Waals surface area contributed by atoms with Gasteiger partial charge in [0.15, 0.2) is 5.82 Å². The van der Waals surface area contributed by atoms with E-state index in [9.17, 15) is 4.79 Å². The summed E-state index contributed by atoms with van der Waals surface area (Å²) in [6, 6.07) is 6.65. The Morgan fingerprint density at radius 3 is 2.68 bits per heavy atom. The van der Waals surface area contributed by atoms with E-state index in [2.05, 4.69) is 20.8 Å². The molecule has 0 aliphatic heterocycles. The minimum absolute atomic E-state index is 0.245. The molecule has 0 fully saturated rings. The number of halogens is 1. The number of hydrogen-bond donors (Lipinski definition) is 1. The van der Waals surface area contributed by atoms with Crippen LogP contribution in [0.3, 0.4) is 0 Å². The standard InChI is InChI=1S/C11H13ClN6O/c1-17(7-10-14-15-16-18(10)2)11(19)13-9-5-3-8(12)4-6-9/h3-6H,7H2,1-2H3,(H,13,19). The first-order chi connectivity index (χ1) is 9.06. The predicted molar refractivity (Wildman–Crippen MR) is 70.7 cm³/mol. The highest BCUT2D eigenvalue weighted by atomic mass is 35.5. The number of nitrogens with one attached hydrogen (secondary N) is 1. The summed E-state index contributed by atoms with van der Waals surface area (Å²) in [5.74, 6) is 0.605. The number of amides is 2. The smallest absolute Gasteiger partial charge is 0.320 e. The van der Waals surface area contributed by atoms with Crippen LogP contribution in [-0.2, 0) is 13.6 Å². The highest BCUT2D eigenvalue weighted by molar-refractivity contribution is 6.30. The largest absolute Gasteiger partial charge is 0.321 e. The van der Waals surface area contributed by atoms with E-state index < -0.39 is 0 Å². The number of aromatic nitrogens is 4. The number of tetrazole rings is 1. The first-order valence-electron chi connectivity index (χ1n) is 5.55. The van der Waals surface area contributed by atoms with Gasteiger partial charge < -0.3 is 10.2 Å². The Balaban J connectivity index is 1.96. The van der Waals surface area contributed by atoms with Crippen LogP contribution < -0.4 is 5.32 Å². The van der Waals surface area contributed by atoms with Crippen molar-refractivity contribution in [3.05, 3.63) is 35.1 Å². The third kappa shape index (κ3) is 3.41. The highest BCUT2D eigenvalue weighted by Gasteiger charge is 2.12. The van der Waals surface area contributed by atoms with Crippen LogP contribution in [0.2, 0.25) is 5.02 Å². The zero-order chi connectivity index (χ0) is 13.8. The average Bonchev–Trinajstić information content (AvgIpc) is 2.78. The molecule has 0 unspecified atom stereocenters. The van der Waals surface area contributed by atoms with Gasteiger partial charge in [-0.3, -0.25) is 0 Å². The van der Waals surface area contributed by atoms with Crippen LogP contribution in [0.5, 0.6) is 0 Å². The number of hydrogen-bond acceptors (Lipinski definition) is 4. The maximum atomic E-state index is 11.9. The fourth-order valence-corrected chi connectivity index (χ4v) is 1.54. The van der Waals surface area contributed by atoms with Crippen molar-refractivity contribution in [2.75, 3.05) is 12.4 Å². The van der Waals surface area contributed by atoms with E-state index in [0.29, 0.717) is 23.1 Å². The molecule has 2 rings (SSSR count). The molecule has 0 saturated heterocycles. The molecule has 7 nitrogen and oxygen atoms in total. The van der Waals surface area contributed by atoms with Gasteiger partial charge in [0.1, 0.15) is 0 Å². The lowest BCUT2D eigenvalue weighted by atomic mass is 10.3. The van der Waals surface area contributed by atoms with Gasteiger partial charge in [0.05, 0.1) is 6.54 Å². The number of rotatable bonds is 3. The van der Waals surface area contributed by atoms with E-state index >= 15 is 0 Å². The predicted octanol–water partition coefficient (Wildman–Crippen LogP) is 1.53. The minimum Gasteiger partial charge on any atom is -0.320 e. The topological polar surface area (TPSA) is 75.9 Å². The van der Waals surface area contributed by atoms with Gasteiger partial charge in [-0.25, -0.2) is 9.48 Å². The van der Waals surface area contributed by atoms with E-state index in [0.717, 1.165) is 0 Å². The molecular formula is C11H13ClN6O. The zero-order valence-corrected chi connectivity index (χ0v) is 11.3. The number of aryl methyl sites for hydroxylation is 1. The fourth-order valence-electron chi connectivity index (χ4n) is 1.42. The Morgan fingerprint density at radius 1 is 1.42 bits per heavy atom. The van der Waals surface area contributed by atoms with Crippen LogP contribution in [-0.4, -0.2) is 38.2 Å². The van der Waals surface area contributed by atoms with Crippen molar-refractivity contribution >= 4 is 23.3 Å². The van der Waals surface area contributed by atoms with Crippen LogP contribution in [0.1, 0.15) is 5.82 Å². The van der Waals surface area contributed by atoms with Crippen molar-refractivity contribution in [1.29, 1.82) is 0 Å². The van der Waals surface area contributed by atoms with Crippen molar-refractivity contribution in [3.63, 3.8) is 0 Å². The van der Waals surface area contributed by atoms with Gasteiger partial charge in [-0.1, -0.05) is 11.6 Å². The third-order valence-corrected chi connectivity index (χ3v) is 2.78. The normalized spacial score (nSPS) is 10.3. The van der Waals surface area contributed by atoms with Crippen molar-refractivity contribution in [2.24, 2.45) is 7.05 Å². The monoisotopic (exact) mass is 280 g/mol. The Morgan fingerprint density at radius 2 is 2.11 bits per heavy atom. The Kier molecular flexibility index (Phi) is 3.96. The lowest BCUT2D eigenvalue weighted by molar-refractivity contribution is 0.219. The Labute approximate surface area is 115 Å². The summed E-state index contributed by atoms with van der Waals surface area (Å²) >= 11 is 5.77. The second-order valence-corrected chi connectivity index (χ2v) is 4.45. The molecule has 8 heteroatoms. The van der Waals surface area contributed by atoms with Crippen LogP contribution in [0.4, 0.5) is 10.5 Å². The van der Waals surface area contributed by atoms with Crippen molar-refractivity contribution in [2.45, 2.75) is 6.54 Å². The summed E-state index contributed by atoms with van der Waals surface area (Å²) in [7, 11) is 3.39. The molecule has 0 bridgehead atoms. The molecule has 2 amide bonds. The SMILES string of the molecule is CN(Cc1nnnn1C)C(=O)Nc1ccc(Cl)cc1. The molecule has 0 saturated carbocycles. The van der Waals surface area contributed by atoms with Gasteiger partial charge in [-0.05, 0) is 34.7 Å². The maximum absolute atomic E-state index is 11.9. The van der Waals surface area contributed by atoms with Crippen molar-refractivity contribution in [1.82, 2.24) is 25.1 Å². The van der Waals surface area contributed by atoms with Gasteiger partial charge >= 0.3 is 6.03 Å². The summed E-state index contributed by atoms with van der Waals surface area (Å²) in [6.07, 6.45) is 0. The first kappa shape index (κ1) is 13.3. The van der Waals surface area contributed by atoms with Crippen LogP contribution in [0.15, 0.2) is 24.3 Å². The quantitative estimate of drug-likeness (QED) is 0.925. The lowest BCUT2D eigenvalue weighted by Gasteiger charge is -2.16. The van der Waals surface area contributed by atoms with E-state index in [1.54, 1.807) is 38.4 Å². The van der Waals surface area contributed by atoms with Crippen molar-refractivity contribution < 1.29 is 4.79 Å². The minimum atomic E-state index is -0.245. The molecule has 0 aliphatic rings. The van der Waals surface area contributed by atoms with Crippen molar-refractivity contribution in [3.8, 4) is 0 Å². The van der Waals surface area contributed by atoms with Gasteiger partial charge in [-0.15, -0.1) is 5.10 Å². The molecule has 2 aromatic rings. The van der Waals surface area contributed by atoms with Gasteiger partial charge in [0, 0.05) is 24.8 Å². The van der Waals surface area contributed by atoms with E-state index in [-0.39, 0.29) is 6.03 Å². The van der Waals surface area contributed by atoms with Crippen LogP contribution in [0, 0.1) is 0 Å². The summed E-state index contributed by atoms with van der Waals surface area (Å²) in [6.45, 7) is 0.322. The van der Waals surface area contributed by atoms with Gasteiger partial charge in [-0.2, -0.15) is 0 Å². The molecule has 19 heavy (non-hydrogen) atoms. The molecule has 0 spiro atoms. The molecule has 0 atom stereocenters. The molecule has 0 aliphatic carbocycles. The van der Waals surface area contributed by atoms with E-state index in [1.165, 1.54) is 9.58 Å². The van der Waals surface area contributed by atoms with Crippen LogP contribution in [0.25, 0.3) is 0 Å². The molecule has 0 radical (unpaired) electrons. The summed E-state index contributed by atoms with van der Waals surface area (Å²) in [5, 5.41) is 14.4. The molecular weight excluding hydrogens is 268 g/mol. The zero-order valence-electron chi connectivity index (χ0n) is 10.5. The number of carbonyl (C=O) groups is 1. The number of anilines is 1. The third-order valence-electron chi connectivity index (χ3n) is 2.53. The highest BCUT2D eigenvalue weighted by Crippen LogP contribution is 2.13. The Hall–Kier alpha value is -2.15. The molecule has 100 valence electrons. The molecule has 1 N–H and O–H groups in total. The number of urea groups is 1.